The molecule has 0 aliphatic carbocycles. The Hall–Kier alpha value is -1.10. The first-order valence-corrected chi connectivity index (χ1v) is 6.36. The lowest BCUT2D eigenvalue weighted by atomic mass is 10.2. The van der Waals surface area contributed by atoms with E-state index in [2.05, 4.69) is 15.9 Å². The first-order chi connectivity index (χ1) is 8.19. The van der Waals surface area contributed by atoms with E-state index in [0.29, 0.717) is 11.0 Å². The number of nitrogens with zero attached hydrogens (tertiary/aromatic N) is 1. The van der Waals surface area contributed by atoms with Crippen molar-refractivity contribution in [2.75, 3.05) is 7.05 Å². The lowest BCUT2D eigenvalue weighted by molar-refractivity contribution is 0.0285. The van der Waals surface area contributed by atoms with E-state index in [1.54, 1.807) is 13.1 Å². The van der Waals surface area contributed by atoms with Gasteiger partial charge in [0.15, 0.2) is 0 Å². The first kappa shape index (κ1) is 15.0. The molecule has 0 unspecified atom stereocenters. The molecule has 18 heavy (non-hydrogen) atoms. The number of hydrogen-bond acceptors (Lipinski definition) is 2. The van der Waals surface area contributed by atoms with E-state index in [-0.39, 0.29) is 5.82 Å². The normalized spacial score (nSPS) is 11.2. The predicted molar refractivity (Wildman–Crippen MR) is 71.8 cm³/mol. The molecular formula is C13H17BrFNO2. The van der Waals surface area contributed by atoms with Crippen LogP contribution in [-0.2, 0) is 11.3 Å². The average molecular weight is 318 g/mol. The van der Waals surface area contributed by atoms with Gasteiger partial charge in [-0.1, -0.05) is 22.0 Å². The molecular weight excluding hydrogens is 301 g/mol. The number of halogens is 2. The molecule has 0 atom stereocenters. The van der Waals surface area contributed by atoms with Gasteiger partial charge in [0.1, 0.15) is 11.4 Å². The molecule has 0 N–H and O–H groups in total. The van der Waals surface area contributed by atoms with Gasteiger partial charge in [0.2, 0.25) is 0 Å². The van der Waals surface area contributed by atoms with Crippen LogP contribution in [0.4, 0.5) is 9.18 Å². The van der Waals surface area contributed by atoms with Gasteiger partial charge in [-0.25, -0.2) is 9.18 Å². The molecule has 0 saturated heterocycles. The molecule has 0 aliphatic heterocycles. The molecule has 0 radical (unpaired) electrons. The Balaban J connectivity index is 2.69. The molecule has 0 aromatic heterocycles. The van der Waals surface area contributed by atoms with E-state index >= 15 is 0 Å². The number of carbonyl (C=O) groups excluding carboxylic acids is 1. The summed E-state index contributed by atoms with van der Waals surface area (Å²) in [5.74, 6) is -0.314. The third-order valence-electron chi connectivity index (χ3n) is 2.13. The van der Waals surface area contributed by atoms with Crippen LogP contribution in [0.5, 0.6) is 0 Å². The number of amides is 1. The van der Waals surface area contributed by atoms with Crippen molar-refractivity contribution in [3.8, 4) is 0 Å². The first-order valence-electron chi connectivity index (χ1n) is 5.57. The summed E-state index contributed by atoms with van der Waals surface area (Å²) >= 11 is 3.27. The number of ether oxygens (including phenoxy) is 1. The van der Waals surface area contributed by atoms with Gasteiger partial charge in [0.05, 0.1) is 0 Å². The highest BCUT2D eigenvalue weighted by atomic mass is 79.9. The zero-order valence-electron chi connectivity index (χ0n) is 11.0. The molecule has 1 rings (SSSR count). The molecule has 0 saturated carbocycles. The molecule has 0 heterocycles. The lowest BCUT2D eigenvalue weighted by Crippen LogP contribution is -2.33. The second-order valence-corrected chi connectivity index (χ2v) is 5.93. The summed E-state index contributed by atoms with van der Waals surface area (Å²) < 4.78 is 18.8. The molecule has 5 heteroatoms. The maximum absolute atomic E-state index is 12.9. The van der Waals surface area contributed by atoms with Gasteiger partial charge < -0.3 is 9.64 Å². The van der Waals surface area contributed by atoms with Crippen molar-refractivity contribution in [1.29, 1.82) is 0 Å². The van der Waals surface area contributed by atoms with Crippen LogP contribution < -0.4 is 0 Å². The fourth-order valence-corrected chi connectivity index (χ4v) is 1.79. The molecule has 1 aromatic carbocycles. The van der Waals surface area contributed by atoms with Gasteiger partial charge in [0.25, 0.3) is 0 Å². The van der Waals surface area contributed by atoms with Gasteiger partial charge in [-0.3, -0.25) is 0 Å². The van der Waals surface area contributed by atoms with Crippen molar-refractivity contribution in [2.24, 2.45) is 0 Å². The summed E-state index contributed by atoms with van der Waals surface area (Å²) in [4.78, 5) is 13.2. The van der Waals surface area contributed by atoms with Crippen LogP contribution in [-0.4, -0.2) is 23.6 Å². The van der Waals surface area contributed by atoms with Crippen LogP contribution in [0.25, 0.3) is 0 Å². The number of carbonyl (C=O) groups is 1. The van der Waals surface area contributed by atoms with E-state index < -0.39 is 11.7 Å². The largest absolute Gasteiger partial charge is 0.444 e. The van der Waals surface area contributed by atoms with Gasteiger partial charge in [-0.2, -0.15) is 0 Å². The zero-order chi connectivity index (χ0) is 13.9. The average Bonchev–Trinajstić information content (AvgIpc) is 2.19. The molecule has 0 spiro atoms. The quantitative estimate of drug-likeness (QED) is 0.826. The van der Waals surface area contributed by atoms with Crippen molar-refractivity contribution in [3.05, 3.63) is 34.1 Å². The third kappa shape index (κ3) is 4.64. The third-order valence-corrected chi connectivity index (χ3v) is 2.87. The number of hydrogen-bond donors (Lipinski definition) is 0. The Bertz CT molecular complexity index is 443. The summed E-state index contributed by atoms with van der Waals surface area (Å²) in [5, 5.41) is 0. The van der Waals surface area contributed by atoms with E-state index in [1.807, 2.05) is 20.8 Å². The summed E-state index contributed by atoms with van der Waals surface area (Å²) in [6, 6.07) is 4.38. The molecule has 100 valence electrons. The maximum atomic E-state index is 12.9. The maximum Gasteiger partial charge on any atom is 0.410 e. The smallest absolute Gasteiger partial charge is 0.410 e. The highest BCUT2D eigenvalue weighted by molar-refractivity contribution is 9.10. The highest BCUT2D eigenvalue weighted by Gasteiger charge is 2.20. The van der Waals surface area contributed by atoms with Crippen LogP contribution in [0.1, 0.15) is 26.3 Å². The van der Waals surface area contributed by atoms with Gasteiger partial charge in [0, 0.05) is 18.1 Å². The van der Waals surface area contributed by atoms with Crippen LogP contribution >= 0.6 is 15.9 Å². The van der Waals surface area contributed by atoms with Crippen LogP contribution in [0.2, 0.25) is 0 Å². The molecule has 0 fully saturated rings. The summed E-state index contributed by atoms with van der Waals surface area (Å²) in [6.07, 6.45) is -0.404. The van der Waals surface area contributed by atoms with Crippen LogP contribution in [0.15, 0.2) is 22.7 Å². The van der Waals surface area contributed by atoms with Crippen LogP contribution in [0, 0.1) is 5.82 Å². The Kier molecular flexibility index (Phi) is 4.73. The van der Waals surface area contributed by atoms with Crippen molar-refractivity contribution in [3.63, 3.8) is 0 Å². The standard InChI is InChI=1S/C13H17BrFNO2/c1-13(2,3)18-12(17)16(4)8-9-5-6-10(15)7-11(9)14/h5-7H,8H2,1-4H3. The number of rotatable bonds is 2. The predicted octanol–water partition coefficient (Wildman–Crippen LogP) is 3.96. The highest BCUT2D eigenvalue weighted by Crippen LogP contribution is 2.20. The Labute approximate surface area is 115 Å². The van der Waals surface area contributed by atoms with Crippen molar-refractivity contribution in [2.45, 2.75) is 32.9 Å². The Morgan fingerprint density at radius 2 is 2.06 bits per heavy atom. The van der Waals surface area contributed by atoms with Crippen molar-refractivity contribution in [1.82, 2.24) is 4.90 Å². The minimum Gasteiger partial charge on any atom is -0.444 e. The summed E-state index contributed by atoms with van der Waals surface area (Å²) in [7, 11) is 1.64. The molecule has 1 aromatic rings. The number of benzene rings is 1. The van der Waals surface area contributed by atoms with Crippen molar-refractivity contribution >= 4 is 22.0 Å². The Morgan fingerprint density at radius 1 is 1.44 bits per heavy atom. The van der Waals surface area contributed by atoms with E-state index in [9.17, 15) is 9.18 Å². The van der Waals surface area contributed by atoms with Gasteiger partial charge in [-0.15, -0.1) is 0 Å². The summed E-state index contributed by atoms with van der Waals surface area (Å²) in [6.45, 7) is 5.79. The monoisotopic (exact) mass is 317 g/mol. The zero-order valence-corrected chi connectivity index (χ0v) is 12.5. The SMILES string of the molecule is CN(Cc1ccc(F)cc1Br)C(=O)OC(C)(C)C. The molecule has 0 bridgehead atoms. The van der Waals surface area contributed by atoms with E-state index in [1.165, 1.54) is 17.0 Å². The van der Waals surface area contributed by atoms with Gasteiger partial charge in [-0.05, 0) is 38.5 Å². The van der Waals surface area contributed by atoms with Crippen LogP contribution in [0.3, 0.4) is 0 Å². The topological polar surface area (TPSA) is 29.5 Å². The second-order valence-electron chi connectivity index (χ2n) is 5.07. The molecule has 1 amide bonds. The minimum atomic E-state index is -0.522. The van der Waals surface area contributed by atoms with Crippen molar-refractivity contribution < 1.29 is 13.9 Å². The van der Waals surface area contributed by atoms with E-state index in [4.69, 9.17) is 4.74 Å². The minimum absolute atomic E-state index is 0.314. The molecule has 0 aliphatic rings. The second kappa shape index (κ2) is 5.69. The Morgan fingerprint density at radius 3 is 2.56 bits per heavy atom. The fourth-order valence-electron chi connectivity index (χ4n) is 1.31. The molecule has 3 nitrogen and oxygen atoms in total. The lowest BCUT2D eigenvalue weighted by Gasteiger charge is -2.24. The van der Waals surface area contributed by atoms with E-state index in [0.717, 1.165) is 5.56 Å². The fraction of sp³-hybridized carbons (Fsp3) is 0.462. The summed E-state index contributed by atoms with van der Waals surface area (Å²) in [5.41, 5.74) is 0.301. The van der Waals surface area contributed by atoms with Gasteiger partial charge >= 0.3 is 6.09 Å².